The van der Waals surface area contributed by atoms with Crippen LogP contribution in [0.5, 0.6) is 0 Å². The van der Waals surface area contributed by atoms with E-state index in [1.807, 2.05) is 32.0 Å². The third kappa shape index (κ3) is 2.79. The Morgan fingerprint density at radius 2 is 1.77 bits per heavy atom. The Balaban J connectivity index is 2.97. The van der Waals surface area contributed by atoms with Crippen molar-refractivity contribution in [2.75, 3.05) is 0 Å². The van der Waals surface area contributed by atoms with Crippen LogP contribution in [0.25, 0.3) is 0 Å². The summed E-state index contributed by atoms with van der Waals surface area (Å²) in [4.78, 5) is 0. The van der Waals surface area contributed by atoms with E-state index in [-0.39, 0.29) is 12.0 Å². The van der Waals surface area contributed by atoms with Gasteiger partial charge in [-0.05, 0) is 55.5 Å². The molecular formula is C10H12Br2O. The molecule has 0 aliphatic carbocycles. The minimum absolute atomic E-state index is 0.244. The molecule has 0 aliphatic heterocycles. The van der Waals surface area contributed by atoms with E-state index in [1.54, 1.807) is 0 Å². The zero-order chi connectivity index (χ0) is 10.0. The predicted molar refractivity (Wildman–Crippen MR) is 61.6 cm³/mol. The lowest BCUT2D eigenvalue weighted by molar-refractivity contribution is 0.127. The van der Waals surface area contributed by atoms with E-state index >= 15 is 0 Å². The molecule has 1 aromatic rings. The van der Waals surface area contributed by atoms with Gasteiger partial charge in [-0.1, -0.05) is 19.9 Å². The first-order chi connectivity index (χ1) is 6.02. The number of aliphatic hydroxyl groups is 1. The van der Waals surface area contributed by atoms with E-state index < -0.39 is 0 Å². The third-order valence-corrected chi connectivity index (χ3v) is 3.80. The summed E-state index contributed by atoms with van der Waals surface area (Å²) in [5.41, 5.74) is 0.949. The van der Waals surface area contributed by atoms with Crippen LogP contribution in [-0.4, -0.2) is 5.11 Å². The average Bonchev–Trinajstić information content (AvgIpc) is 2.08. The Morgan fingerprint density at radius 1 is 1.15 bits per heavy atom. The molecule has 0 fully saturated rings. The Bertz CT molecular complexity index is 297. The van der Waals surface area contributed by atoms with Gasteiger partial charge in [-0.25, -0.2) is 0 Å². The van der Waals surface area contributed by atoms with Crippen LogP contribution in [0.3, 0.4) is 0 Å². The fourth-order valence-corrected chi connectivity index (χ4v) is 1.72. The van der Waals surface area contributed by atoms with Crippen molar-refractivity contribution in [2.45, 2.75) is 20.0 Å². The minimum atomic E-state index is -0.385. The van der Waals surface area contributed by atoms with Gasteiger partial charge < -0.3 is 5.11 Å². The van der Waals surface area contributed by atoms with Gasteiger partial charge in [0.15, 0.2) is 0 Å². The molecule has 0 aromatic heterocycles. The highest BCUT2D eigenvalue weighted by Crippen LogP contribution is 2.28. The molecule has 1 atom stereocenters. The van der Waals surface area contributed by atoms with Crippen molar-refractivity contribution >= 4 is 31.9 Å². The molecule has 1 unspecified atom stereocenters. The van der Waals surface area contributed by atoms with Crippen LogP contribution in [0.4, 0.5) is 0 Å². The molecule has 0 heterocycles. The van der Waals surface area contributed by atoms with Crippen molar-refractivity contribution < 1.29 is 5.11 Å². The number of halogens is 2. The van der Waals surface area contributed by atoms with Crippen LogP contribution >= 0.6 is 31.9 Å². The molecule has 0 radical (unpaired) electrons. The van der Waals surface area contributed by atoms with Crippen LogP contribution in [0.2, 0.25) is 0 Å². The summed E-state index contributed by atoms with van der Waals surface area (Å²) in [6, 6.07) is 5.80. The number of aliphatic hydroxyl groups excluding tert-OH is 1. The SMILES string of the molecule is CC(C)C(O)c1ccc(Br)c(Br)c1. The molecule has 0 saturated carbocycles. The van der Waals surface area contributed by atoms with Crippen molar-refractivity contribution in [3.63, 3.8) is 0 Å². The van der Waals surface area contributed by atoms with Gasteiger partial charge in [0.25, 0.3) is 0 Å². The summed E-state index contributed by atoms with van der Waals surface area (Å²) in [6.45, 7) is 4.00. The van der Waals surface area contributed by atoms with E-state index in [1.165, 1.54) is 0 Å². The minimum Gasteiger partial charge on any atom is -0.388 e. The van der Waals surface area contributed by atoms with E-state index in [4.69, 9.17) is 0 Å². The maximum Gasteiger partial charge on any atom is 0.0813 e. The second kappa shape index (κ2) is 4.58. The van der Waals surface area contributed by atoms with Crippen LogP contribution in [0.1, 0.15) is 25.5 Å². The number of hydrogen-bond donors (Lipinski definition) is 1. The molecule has 0 aliphatic rings. The van der Waals surface area contributed by atoms with Crippen LogP contribution < -0.4 is 0 Å². The summed E-state index contributed by atoms with van der Waals surface area (Å²) in [5, 5.41) is 9.78. The maximum absolute atomic E-state index is 9.78. The molecule has 72 valence electrons. The van der Waals surface area contributed by atoms with Crippen molar-refractivity contribution in [2.24, 2.45) is 5.92 Å². The number of rotatable bonds is 2. The van der Waals surface area contributed by atoms with Crippen LogP contribution in [-0.2, 0) is 0 Å². The number of benzene rings is 1. The van der Waals surface area contributed by atoms with Crippen molar-refractivity contribution in [3.05, 3.63) is 32.7 Å². The van der Waals surface area contributed by atoms with Gasteiger partial charge in [0, 0.05) is 8.95 Å². The largest absolute Gasteiger partial charge is 0.388 e. The first-order valence-electron chi connectivity index (χ1n) is 4.15. The van der Waals surface area contributed by atoms with Gasteiger partial charge in [0.2, 0.25) is 0 Å². The predicted octanol–water partition coefficient (Wildman–Crippen LogP) is 3.90. The van der Waals surface area contributed by atoms with Crippen molar-refractivity contribution in [1.29, 1.82) is 0 Å². The monoisotopic (exact) mass is 306 g/mol. The molecule has 0 bridgehead atoms. The quantitative estimate of drug-likeness (QED) is 0.878. The molecular weight excluding hydrogens is 296 g/mol. The Hall–Kier alpha value is 0.140. The zero-order valence-electron chi connectivity index (χ0n) is 7.59. The van der Waals surface area contributed by atoms with Gasteiger partial charge in [-0.15, -0.1) is 0 Å². The van der Waals surface area contributed by atoms with E-state index in [2.05, 4.69) is 31.9 Å². The Morgan fingerprint density at radius 3 is 2.23 bits per heavy atom. The molecule has 13 heavy (non-hydrogen) atoms. The second-order valence-electron chi connectivity index (χ2n) is 3.36. The zero-order valence-corrected chi connectivity index (χ0v) is 10.8. The van der Waals surface area contributed by atoms with Gasteiger partial charge >= 0.3 is 0 Å². The average molecular weight is 308 g/mol. The van der Waals surface area contributed by atoms with Gasteiger partial charge in [0.1, 0.15) is 0 Å². The lowest BCUT2D eigenvalue weighted by Crippen LogP contribution is -2.05. The highest BCUT2D eigenvalue weighted by atomic mass is 79.9. The topological polar surface area (TPSA) is 20.2 Å². The van der Waals surface area contributed by atoms with Crippen LogP contribution in [0, 0.1) is 5.92 Å². The van der Waals surface area contributed by atoms with Crippen LogP contribution in [0.15, 0.2) is 27.1 Å². The third-order valence-electron chi connectivity index (χ3n) is 1.92. The molecule has 0 saturated heterocycles. The van der Waals surface area contributed by atoms with Gasteiger partial charge in [0.05, 0.1) is 6.10 Å². The van der Waals surface area contributed by atoms with E-state index in [0.717, 1.165) is 14.5 Å². The summed E-state index contributed by atoms with van der Waals surface area (Å²) >= 11 is 6.79. The fraction of sp³-hybridized carbons (Fsp3) is 0.400. The first-order valence-corrected chi connectivity index (χ1v) is 5.74. The van der Waals surface area contributed by atoms with Crippen molar-refractivity contribution in [1.82, 2.24) is 0 Å². The van der Waals surface area contributed by atoms with Crippen molar-refractivity contribution in [3.8, 4) is 0 Å². The molecule has 1 aromatic carbocycles. The fourth-order valence-electron chi connectivity index (χ4n) is 1.08. The normalized spacial score (nSPS) is 13.4. The summed E-state index contributed by atoms with van der Waals surface area (Å²) in [6.07, 6.45) is -0.385. The smallest absolute Gasteiger partial charge is 0.0813 e. The molecule has 1 N–H and O–H groups in total. The second-order valence-corrected chi connectivity index (χ2v) is 5.07. The van der Waals surface area contributed by atoms with E-state index in [9.17, 15) is 5.11 Å². The summed E-state index contributed by atoms with van der Waals surface area (Å²) in [7, 11) is 0. The van der Waals surface area contributed by atoms with Gasteiger partial charge in [-0.3, -0.25) is 0 Å². The maximum atomic E-state index is 9.78. The lowest BCUT2D eigenvalue weighted by atomic mass is 9.99. The molecule has 0 amide bonds. The molecule has 1 rings (SSSR count). The highest BCUT2D eigenvalue weighted by molar-refractivity contribution is 9.13. The molecule has 3 heteroatoms. The number of hydrogen-bond acceptors (Lipinski definition) is 1. The lowest BCUT2D eigenvalue weighted by Gasteiger charge is -2.15. The summed E-state index contributed by atoms with van der Waals surface area (Å²) < 4.78 is 1.98. The molecule has 1 nitrogen and oxygen atoms in total. The molecule has 0 spiro atoms. The highest BCUT2D eigenvalue weighted by Gasteiger charge is 2.12. The Labute approximate surface area is 95.4 Å². The van der Waals surface area contributed by atoms with Gasteiger partial charge in [-0.2, -0.15) is 0 Å². The standard InChI is InChI=1S/C10H12Br2O/c1-6(2)10(13)7-3-4-8(11)9(12)5-7/h3-6,10,13H,1-2H3. The Kier molecular flexibility index (Phi) is 3.95. The summed E-state index contributed by atoms with van der Waals surface area (Å²) in [5.74, 6) is 0.244. The first kappa shape index (κ1) is 11.2. The van der Waals surface area contributed by atoms with E-state index in [0.29, 0.717) is 0 Å².